The summed E-state index contributed by atoms with van der Waals surface area (Å²) in [5.74, 6) is 0. The summed E-state index contributed by atoms with van der Waals surface area (Å²) in [7, 11) is 0.230. The van der Waals surface area contributed by atoms with Crippen LogP contribution in [0.5, 0.6) is 0 Å². The van der Waals surface area contributed by atoms with Crippen LogP contribution in [0.1, 0.15) is 12.1 Å². The Balaban J connectivity index is 2.80. The molecule has 8 heteroatoms. The fraction of sp³-hybridized carbons (Fsp3) is 0.455. The number of hydrogen-bond donors (Lipinski definition) is 2. The number of thiocarbonyl (C=S) groups is 1. The molecule has 19 heavy (non-hydrogen) atoms. The van der Waals surface area contributed by atoms with E-state index in [1.165, 1.54) is 18.3 Å². The van der Waals surface area contributed by atoms with E-state index in [2.05, 4.69) is 9.71 Å². The number of pyridine rings is 1. The van der Waals surface area contributed by atoms with Gasteiger partial charge in [-0.2, -0.15) is 0 Å². The molecule has 0 aliphatic carbocycles. The number of nitrogens with one attached hydrogen (secondary N) is 1. The SMILES string of the molecule is CN(C)CCCNS(=O)(=O)c1cccnc1C(N)=S. The van der Waals surface area contributed by atoms with Gasteiger partial charge >= 0.3 is 0 Å². The highest BCUT2D eigenvalue weighted by molar-refractivity contribution is 7.89. The molecule has 0 aliphatic rings. The molecule has 6 nitrogen and oxygen atoms in total. The second kappa shape index (κ2) is 6.90. The Labute approximate surface area is 119 Å². The molecule has 0 fully saturated rings. The molecule has 0 bridgehead atoms. The summed E-state index contributed by atoms with van der Waals surface area (Å²) in [6.07, 6.45) is 2.18. The second-order valence-electron chi connectivity index (χ2n) is 4.27. The van der Waals surface area contributed by atoms with Gasteiger partial charge < -0.3 is 10.6 Å². The molecule has 0 saturated heterocycles. The first-order valence-corrected chi connectivity index (χ1v) is 7.63. The number of nitrogens with zero attached hydrogens (tertiary/aromatic N) is 2. The summed E-state index contributed by atoms with van der Waals surface area (Å²) in [6, 6.07) is 2.98. The minimum absolute atomic E-state index is 0.0207. The minimum atomic E-state index is -3.63. The highest BCUT2D eigenvalue weighted by Gasteiger charge is 2.19. The molecule has 1 heterocycles. The van der Waals surface area contributed by atoms with Gasteiger partial charge in [0.2, 0.25) is 10.0 Å². The lowest BCUT2D eigenvalue weighted by molar-refractivity contribution is 0.400. The van der Waals surface area contributed by atoms with E-state index >= 15 is 0 Å². The van der Waals surface area contributed by atoms with Crippen molar-refractivity contribution >= 4 is 27.2 Å². The van der Waals surface area contributed by atoms with Gasteiger partial charge in [0.15, 0.2) is 0 Å². The topological polar surface area (TPSA) is 88.3 Å². The third-order valence-corrected chi connectivity index (χ3v) is 4.05. The van der Waals surface area contributed by atoms with Gasteiger partial charge in [-0.15, -0.1) is 0 Å². The zero-order chi connectivity index (χ0) is 14.5. The molecule has 0 amide bonds. The number of sulfonamides is 1. The monoisotopic (exact) mass is 302 g/mol. The average molecular weight is 302 g/mol. The number of rotatable bonds is 7. The van der Waals surface area contributed by atoms with Gasteiger partial charge in [0, 0.05) is 12.7 Å². The van der Waals surface area contributed by atoms with Gasteiger partial charge in [-0.1, -0.05) is 12.2 Å². The van der Waals surface area contributed by atoms with Crippen molar-refractivity contribution in [3.63, 3.8) is 0 Å². The molecule has 0 radical (unpaired) electrons. The largest absolute Gasteiger partial charge is 0.388 e. The summed E-state index contributed by atoms with van der Waals surface area (Å²) in [5.41, 5.74) is 5.60. The molecule has 1 rings (SSSR count). The zero-order valence-electron chi connectivity index (χ0n) is 11.0. The van der Waals surface area contributed by atoms with Gasteiger partial charge in [0.25, 0.3) is 0 Å². The van der Waals surface area contributed by atoms with E-state index in [0.29, 0.717) is 6.54 Å². The minimum Gasteiger partial charge on any atom is -0.388 e. The van der Waals surface area contributed by atoms with Crippen LogP contribution in [0.3, 0.4) is 0 Å². The Morgan fingerprint density at radius 1 is 1.53 bits per heavy atom. The van der Waals surface area contributed by atoms with Crippen LogP contribution < -0.4 is 10.5 Å². The van der Waals surface area contributed by atoms with Crippen molar-refractivity contribution < 1.29 is 8.42 Å². The summed E-state index contributed by atoms with van der Waals surface area (Å²) in [4.78, 5) is 5.88. The van der Waals surface area contributed by atoms with Gasteiger partial charge in [-0.25, -0.2) is 13.1 Å². The Morgan fingerprint density at radius 3 is 2.79 bits per heavy atom. The number of aromatic nitrogens is 1. The molecular weight excluding hydrogens is 284 g/mol. The van der Waals surface area contributed by atoms with Crippen LogP contribution in [0.4, 0.5) is 0 Å². The van der Waals surface area contributed by atoms with Gasteiger partial charge in [-0.3, -0.25) is 4.98 Å². The highest BCUT2D eigenvalue weighted by Crippen LogP contribution is 2.12. The van der Waals surface area contributed by atoms with E-state index in [1.54, 1.807) is 0 Å². The Bertz CT molecular complexity index is 543. The highest BCUT2D eigenvalue weighted by atomic mass is 32.2. The van der Waals surface area contributed by atoms with Crippen LogP contribution in [0.25, 0.3) is 0 Å². The first-order chi connectivity index (χ1) is 8.84. The maximum absolute atomic E-state index is 12.1. The maximum atomic E-state index is 12.1. The molecular formula is C11H18N4O2S2. The predicted molar refractivity (Wildman–Crippen MR) is 78.5 cm³/mol. The Morgan fingerprint density at radius 2 is 2.21 bits per heavy atom. The summed E-state index contributed by atoms with van der Waals surface area (Å²) in [5, 5.41) is 0. The van der Waals surface area contributed by atoms with Crippen LogP contribution in [0.2, 0.25) is 0 Å². The quantitative estimate of drug-likeness (QED) is 0.542. The van der Waals surface area contributed by atoms with Gasteiger partial charge in [0.1, 0.15) is 15.6 Å². The normalized spacial score (nSPS) is 11.7. The van der Waals surface area contributed by atoms with E-state index in [0.717, 1.165) is 13.0 Å². The van der Waals surface area contributed by atoms with E-state index in [9.17, 15) is 8.42 Å². The van der Waals surface area contributed by atoms with E-state index < -0.39 is 10.0 Å². The lowest BCUT2D eigenvalue weighted by atomic mass is 10.3. The number of hydrogen-bond acceptors (Lipinski definition) is 5. The van der Waals surface area contributed by atoms with Crippen LogP contribution in [-0.4, -0.2) is 50.5 Å². The second-order valence-corrected chi connectivity index (χ2v) is 6.44. The number of nitrogens with two attached hydrogens (primary N) is 1. The van der Waals surface area contributed by atoms with Crippen molar-refractivity contribution in [2.24, 2.45) is 5.73 Å². The van der Waals surface area contributed by atoms with Crippen LogP contribution in [-0.2, 0) is 10.0 Å². The summed E-state index contributed by atoms with van der Waals surface area (Å²) < 4.78 is 26.8. The summed E-state index contributed by atoms with van der Waals surface area (Å²) in [6.45, 7) is 1.16. The molecule has 0 unspecified atom stereocenters. The predicted octanol–water partition coefficient (Wildman–Crippen LogP) is -0.0542. The maximum Gasteiger partial charge on any atom is 0.242 e. The lowest BCUT2D eigenvalue weighted by Gasteiger charge is -2.11. The fourth-order valence-electron chi connectivity index (χ4n) is 1.47. The van der Waals surface area contributed by atoms with Crippen molar-refractivity contribution in [3.05, 3.63) is 24.0 Å². The van der Waals surface area contributed by atoms with Crippen LogP contribution in [0.15, 0.2) is 23.2 Å². The molecule has 0 saturated carbocycles. The van der Waals surface area contributed by atoms with E-state index in [-0.39, 0.29) is 15.6 Å². The molecule has 1 aromatic rings. The van der Waals surface area contributed by atoms with Crippen molar-refractivity contribution in [1.82, 2.24) is 14.6 Å². The first kappa shape index (κ1) is 16.0. The smallest absolute Gasteiger partial charge is 0.242 e. The average Bonchev–Trinajstić information content (AvgIpc) is 2.34. The molecule has 0 aromatic carbocycles. The van der Waals surface area contributed by atoms with Gasteiger partial charge in [0.05, 0.1) is 0 Å². The standard InChI is InChI=1S/C11H18N4O2S2/c1-15(2)8-4-7-14-19(16,17)9-5-3-6-13-10(9)11(12)18/h3,5-6,14H,4,7-8H2,1-2H3,(H2,12,18). The third kappa shape index (κ3) is 4.83. The van der Waals surface area contributed by atoms with Crippen LogP contribution >= 0.6 is 12.2 Å². The molecule has 106 valence electrons. The van der Waals surface area contributed by atoms with Crippen molar-refractivity contribution in [2.45, 2.75) is 11.3 Å². The summed E-state index contributed by atoms with van der Waals surface area (Å²) >= 11 is 4.80. The van der Waals surface area contributed by atoms with E-state index in [1.807, 2.05) is 19.0 Å². The van der Waals surface area contributed by atoms with Crippen molar-refractivity contribution in [1.29, 1.82) is 0 Å². The van der Waals surface area contributed by atoms with E-state index in [4.69, 9.17) is 18.0 Å². The molecule has 1 aromatic heterocycles. The third-order valence-electron chi connectivity index (χ3n) is 2.37. The van der Waals surface area contributed by atoms with Crippen molar-refractivity contribution in [3.8, 4) is 0 Å². The van der Waals surface area contributed by atoms with Gasteiger partial charge in [-0.05, 0) is 39.2 Å². The molecule has 0 atom stereocenters. The molecule has 0 aliphatic heterocycles. The van der Waals surface area contributed by atoms with Crippen molar-refractivity contribution in [2.75, 3.05) is 27.2 Å². The molecule has 3 N–H and O–H groups in total. The molecule has 0 spiro atoms. The lowest BCUT2D eigenvalue weighted by Crippen LogP contribution is -2.29. The fourth-order valence-corrected chi connectivity index (χ4v) is 2.94. The van der Waals surface area contributed by atoms with Crippen LogP contribution in [0, 0.1) is 0 Å². The Kier molecular flexibility index (Phi) is 5.80. The first-order valence-electron chi connectivity index (χ1n) is 5.74. The Hall–Kier alpha value is -1.09. The zero-order valence-corrected chi connectivity index (χ0v) is 12.6.